The summed E-state index contributed by atoms with van der Waals surface area (Å²) in [7, 11) is 1.49. The van der Waals surface area contributed by atoms with Crippen LogP contribution >= 0.6 is 0 Å². The minimum atomic E-state index is -1.05. The minimum absolute atomic E-state index is 0.0345. The number of imide groups is 1. The number of carbonyl (C=O) groups is 3. The fourth-order valence-corrected chi connectivity index (χ4v) is 4.03. The van der Waals surface area contributed by atoms with E-state index in [1.165, 1.54) is 24.1 Å². The quantitative estimate of drug-likeness (QED) is 0.392. The van der Waals surface area contributed by atoms with Gasteiger partial charge in [0.2, 0.25) is 5.91 Å². The van der Waals surface area contributed by atoms with Crippen molar-refractivity contribution >= 4 is 29.2 Å². The Morgan fingerprint density at radius 1 is 1.00 bits per heavy atom. The van der Waals surface area contributed by atoms with E-state index in [2.05, 4.69) is 5.32 Å². The van der Waals surface area contributed by atoms with E-state index in [-0.39, 0.29) is 13.0 Å². The Labute approximate surface area is 214 Å². The van der Waals surface area contributed by atoms with Crippen molar-refractivity contribution in [3.8, 4) is 11.5 Å². The monoisotopic (exact) mass is 505 g/mol. The second-order valence-corrected chi connectivity index (χ2v) is 8.55. The SMILES string of the molecule is CCCOc1ccc(NC(=O)C[C@@H]2C(=O)N(c3cccc(OC)c3)C(=O)N2Cc2ccc(F)cc2)cc1. The van der Waals surface area contributed by atoms with Gasteiger partial charge in [0.1, 0.15) is 23.4 Å². The highest BCUT2D eigenvalue weighted by Gasteiger charge is 2.46. The summed E-state index contributed by atoms with van der Waals surface area (Å²) in [6.07, 6.45) is 0.633. The number of hydrogen-bond donors (Lipinski definition) is 1. The Morgan fingerprint density at radius 2 is 1.73 bits per heavy atom. The van der Waals surface area contributed by atoms with Gasteiger partial charge in [0.05, 0.1) is 25.8 Å². The van der Waals surface area contributed by atoms with Gasteiger partial charge in [-0.2, -0.15) is 0 Å². The number of ether oxygens (including phenoxy) is 2. The first-order chi connectivity index (χ1) is 17.9. The maximum atomic E-state index is 13.5. The molecule has 1 aliphatic heterocycles. The highest BCUT2D eigenvalue weighted by molar-refractivity contribution is 6.22. The van der Waals surface area contributed by atoms with Crippen LogP contribution in [-0.2, 0) is 16.1 Å². The maximum Gasteiger partial charge on any atom is 0.332 e. The molecule has 1 atom stereocenters. The van der Waals surface area contributed by atoms with Crippen molar-refractivity contribution < 1.29 is 28.2 Å². The van der Waals surface area contributed by atoms with E-state index in [4.69, 9.17) is 9.47 Å². The summed E-state index contributed by atoms with van der Waals surface area (Å²) in [5, 5.41) is 2.78. The molecule has 192 valence electrons. The van der Waals surface area contributed by atoms with Gasteiger partial charge in [0.15, 0.2) is 0 Å². The fraction of sp³-hybridized carbons (Fsp3) is 0.250. The summed E-state index contributed by atoms with van der Waals surface area (Å²) < 4.78 is 24.2. The largest absolute Gasteiger partial charge is 0.497 e. The molecule has 37 heavy (non-hydrogen) atoms. The molecule has 1 heterocycles. The molecule has 0 spiro atoms. The van der Waals surface area contributed by atoms with Crippen LogP contribution in [0.3, 0.4) is 0 Å². The molecule has 9 heteroatoms. The Balaban J connectivity index is 1.55. The molecular formula is C28H28FN3O5. The second-order valence-electron chi connectivity index (χ2n) is 8.55. The number of rotatable bonds is 10. The van der Waals surface area contributed by atoms with Crippen molar-refractivity contribution in [1.29, 1.82) is 0 Å². The molecule has 1 saturated heterocycles. The first kappa shape index (κ1) is 25.7. The van der Waals surface area contributed by atoms with Crippen molar-refractivity contribution in [3.63, 3.8) is 0 Å². The maximum absolute atomic E-state index is 13.5. The number of benzene rings is 3. The fourth-order valence-electron chi connectivity index (χ4n) is 4.03. The van der Waals surface area contributed by atoms with Gasteiger partial charge in [-0.15, -0.1) is 0 Å². The highest BCUT2D eigenvalue weighted by Crippen LogP contribution is 2.30. The normalized spacial score (nSPS) is 15.2. The Kier molecular flexibility index (Phi) is 8.02. The lowest BCUT2D eigenvalue weighted by atomic mass is 10.1. The minimum Gasteiger partial charge on any atom is -0.497 e. The lowest BCUT2D eigenvalue weighted by molar-refractivity contribution is -0.124. The molecule has 0 saturated carbocycles. The average Bonchev–Trinajstić information content (AvgIpc) is 3.13. The van der Waals surface area contributed by atoms with Gasteiger partial charge in [-0.25, -0.2) is 14.1 Å². The molecule has 0 aliphatic carbocycles. The molecule has 0 bridgehead atoms. The zero-order valence-corrected chi connectivity index (χ0v) is 20.6. The van der Waals surface area contributed by atoms with Crippen LogP contribution in [0.1, 0.15) is 25.3 Å². The summed E-state index contributed by atoms with van der Waals surface area (Å²) in [6.45, 7) is 2.64. The number of hydrogen-bond acceptors (Lipinski definition) is 5. The van der Waals surface area contributed by atoms with Gasteiger partial charge < -0.3 is 19.7 Å². The summed E-state index contributed by atoms with van der Waals surface area (Å²) in [6, 6.07) is 17.5. The van der Waals surface area contributed by atoms with Crippen LogP contribution in [0.25, 0.3) is 0 Å². The summed E-state index contributed by atoms with van der Waals surface area (Å²) in [5.74, 6) is -0.192. The first-order valence-corrected chi connectivity index (χ1v) is 12.0. The second kappa shape index (κ2) is 11.6. The van der Waals surface area contributed by atoms with E-state index in [9.17, 15) is 18.8 Å². The predicted molar refractivity (Wildman–Crippen MR) is 137 cm³/mol. The molecule has 3 aromatic rings. The molecule has 1 aliphatic rings. The van der Waals surface area contributed by atoms with Crippen LogP contribution in [0.4, 0.5) is 20.6 Å². The van der Waals surface area contributed by atoms with E-state index >= 15 is 0 Å². The number of methoxy groups -OCH3 is 1. The standard InChI is InChI=1S/C28H28FN3O5/c1-3-15-37-23-13-11-21(12-14-23)30-26(33)17-25-27(34)32(22-5-4-6-24(16-22)36-2)28(35)31(25)18-19-7-9-20(29)10-8-19/h4-14,16,25H,3,15,17-18H2,1-2H3,(H,30,33)/t25-/m1/s1. The molecule has 8 nitrogen and oxygen atoms in total. The number of amides is 4. The number of halogens is 1. The Hall–Kier alpha value is -4.40. The first-order valence-electron chi connectivity index (χ1n) is 12.0. The van der Waals surface area contributed by atoms with Crippen molar-refractivity contribution in [3.05, 3.63) is 84.2 Å². The molecule has 1 N–H and O–H groups in total. The van der Waals surface area contributed by atoms with Crippen LogP contribution in [0, 0.1) is 5.82 Å². The summed E-state index contributed by atoms with van der Waals surface area (Å²) in [5.41, 5.74) is 1.51. The number of carbonyl (C=O) groups excluding carboxylic acids is 3. The van der Waals surface area contributed by atoms with Gasteiger partial charge >= 0.3 is 6.03 Å². The summed E-state index contributed by atoms with van der Waals surface area (Å²) in [4.78, 5) is 42.2. The van der Waals surface area contributed by atoms with E-state index in [0.717, 1.165) is 11.3 Å². The van der Waals surface area contributed by atoms with E-state index in [0.29, 0.717) is 35.0 Å². The molecule has 4 amide bonds. The van der Waals surface area contributed by atoms with Crippen LogP contribution in [0.2, 0.25) is 0 Å². The van der Waals surface area contributed by atoms with Crippen molar-refractivity contribution in [2.24, 2.45) is 0 Å². The smallest absolute Gasteiger partial charge is 0.332 e. The zero-order chi connectivity index (χ0) is 26.4. The number of urea groups is 1. The lowest BCUT2D eigenvalue weighted by Crippen LogP contribution is -2.37. The number of anilines is 2. The molecule has 0 aromatic heterocycles. The van der Waals surface area contributed by atoms with Crippen LogP contribution < -0.4 is 19.7 Å². The Morgan fingerprint density at radius 3 is 2.41 bits per heavy atom. The number of nitrogens with one attached hydrogen (secondary N) is 1. The topological polar surface area (TPSA) is 88.2 Å². The van der Waals surface area contributed by atoms with Gasteiger partial charge in [-0.05, 0) is 60.5 Å². The lowest BCUT2D eigenvalue weighted by Gasteiger charge is -2.21. The molecule has 0 unspecified atom stereocenters. The van der Waals surface area contributed by atoms with E-state index in [1.54, 1.807) is 60.7 Å². The summed E-state index contributed by atoms with van der Waals surface area (Å²) >= 11 is 0. The van der Waals surface area contributed by atoms with Gasteiger partial charge in [0, 0.05) is 18.3 Å². The van der Waals surface area contributed by atoms with Gasteiger partial charge in [0.25, 0.3) is 5.91 Å². The van der Waals surface area contributed by atoms with Crippen molar-refractivity contribution in [2.45, 2.75) is 32.4 Å². The molecule has 3 aromatic carbocycles. The third-order valence-corrected chi connectivity index (χ3v) is 5.89. The third-order valence-electron chi connectivity index (χ3n) is 5.89. The Bertz CT molecular complexity index is 1260. The van der Waals surface area contributed by atoms with Crippen molar-refractivity contribution in [2.75, 3.05) is 23.9 Å². The van der Waals surface area contributed by atoms with Crippen LogP contribution in [0.5, 0.6) is 11.5 Å². The zero-order valence-electron chi connectivity index (χ0n) is 20.6. The predicted octanol–water partition coefficient (Wildman–Crippen LogP) is 4.99. The van der Waals surface area contributed by atoms with Gasteiger partial charge in [-0.3, -0.25) is 9.59 Å². The van der Waals surface area contributed by atoms with Crippen LogP contribution in [-0.4, -0.2) is 42.5 Å². The molecular weight excluding hydrogens is 477 g/mol. The third kappa shape index (κ3) is 6.06. The van der Waals surface area contributed by atoms with E-state index < -0.39 is 29.7 Å². The molecule has 1 fully saturated rings. The van der Waals surface area contributed by atoms with Gasteiger partial charge in [-0.1, -0.05) is 25.1 Å². The van der Waals surface area contributed by atoms with Crippen molar-refractivity contribution in [1.82, 2.24) is 4.90 Å². The highest BCUT2D eigenvalue weighted by atomic mass is 19.1. The molecule has 0 radical (unpaired) electrons. The van der Waals surface area contributed by atoms with E-state index in [1.807, 2.05) is 6.92 Å². The average molecular weight is 506 g/mol. The molecule has 4 rings (SSSR count). The van der Waals surface area contributed by atoms with Crippen LogP contribution in [0.15, 0.2) is 72.8 Å². The number of nitrogens with zero attached hydrogens (tertiary/aromatic N) is 2.